The average molecular weight is 387 g/mol. The molecule has 3 aliphatic rings. The second-order valence-corrected chi connectivity index (χ2v) is 8.30. The van der Waals surface area contributed by atoms with Crippen molar-refractivity contribution in [2.24, 2.45) is 11.8 Å². The summed E-state index contributed by atoms with van der Waals surface area (Å²) < 4.78 is 11.4. The quantitative estimate of drug-likeness (QED) is 0.574. The van der Waals surface area contributed by atoms with Crippen molar-refractivity contribution in [3.63, 3.8) is 0 Å². The van der Waals surface area contributed by atoms with E-state index in [1.54, 1.807) is 13.0 Å². The van der Waals surface area contributed by atoms with Crippen LogP contribution in [0.1, 0.15) is 55.3 Å². The van der Waals surface area contributed by atoms with Crippen molar-refractivity contribution in [2.45, 2.75) is 57.7 Å². The molecule has 3 fully saturated rings. The van der Waals surface area contributed by atoms with Crippen LogP contribution in [0.3, 0.4) is 0 Å². The summed E-state index contributed by atoms with van der Waals surface area (Å²) in [6, 6.07) is 1.64. The van der Waals surface area contributed by atoms with E-state index in [-0.39, 0.29) is 29.4 Å². The van der Waals surface area contributed by atoms with Crippen molar-refractivity contribution >= 4 is 11.8 Å². The molecule has 0 unspecified atom stereocenters. The van der Waals surface area contributed by atoms with Crippen LogP contribution < -0.4 is 5.32 Å². The molecule has 0 aliphatic carbocycles. The number of aromatic nitrogens is 1. The lowest BCUT2D eigenvalue weighted by atomic mass is 9.73. The van der Waals surface area contributed by atoms with E-state index in [1.807, 2.05) is 17.9 Å². The molecule has 1 N–H and O–H groups in total. The molecule has 0 radical (unpaired) electrons. The summed E-state index contributed by atoms with van der Waals surface area (Å²) in [5.74, 6) is 1.16. The Hall–Kier alpha value is -2.15. The molecule has 3 aliphatic heterocycles. The van der Waals surface area contributed by atoms with Crippen molar-refractivity contribution in [3.05, 3.63) is 29.7 Å². The Morgan fingerprint density at radius 1 is 1.46 bits per heavy atom. The number of amides is 2. The second kappa shape index (κ2) is 7.70. The predicted molar refractivity (Wildman–Crippen MR) is 103 cm³/mol. The van der Waals surface area contributed by atoms with Crippen LogP contribution in [0.15, 0.2) is 22.7 Å². The van der Waals surface area contributed by atoms with Crippen molar-refractivity contribution in [2.75, 3.05) is 19.6 Å². The van der Waals surface area contributed by atoms with Crippen LogP contribution in [0, 0.1) is 18.8 Å². The minimum atomic E-state index is -0.219. The lowest BCUT2D eigenvalue weighted by Gasteiger charge is -2.29. The third kappa shape index (κ3) is 3.48. The number of nitrogens with zero attached hydrogens (tertiary/aromatic N) is 2. The van der Waals surface area contributed by atoms with Gasteiger partial charge in [-0.25, -0.2) is 0 Å². The van der Waals surface area contributed by atoms with Gasteiger partial charge in [-0.3, -0.25) is 9.59 Å². The standard InChI is InChI=1S/C21H29N3O4/c1-3-4-5-6-7-19(25)24-12-16-15(18-8-9-21(16,13-24)27-18)11-22-20(26)17-10-14(2)28-23-17/h3-4,10,15-16,18H,5-9,11-13H2,1-2H3,(H,22,26)/t15-,16+,18+,21+/m0/s1. The van der Waals surface area contributed by atoms with Crippen LogP contribution in [-0.4, -0.2) is 53.2 Å². The first-order valence-corrected chi connectivity index (χ1v) is 10.3. The molecule has 28 heavy (non-hydrogen) atoms. The molecule has 1 aromatic heterocycles. The first kappa shape index (κ1) is 19.2. The molecule has 2 bridgehead atoms. The topological polar surface area (TPSA) is 84.7 Å². The lowest BCUT2D eigenvalue weighted by molar-refractivity contribution is -0.131. The van der Waals surface area contributed by atoms with Gasteiger partial charge in [0, 0.05) is 37.4 Å². The summed E-state index contributed by atoms with van der Waals surface area (Å²) in [5.41, 5.74) is 0.101. The summed E-state index contributed by atoms with van der Waals surface area (Å²) in [6.45, 7) is 5.75. The Labute approximate surface area is 165 Å². The highest BCUT2D eigenvalue weighted by Gasteiger charge is 2.63. The van der Waals surface area contributed by atoms with Gasteiger partial charge in [0.2, 0.25) is 5.91 Å². The lowest BCUT2D eigenvalue weighted by Crippen LogP contribution is -2.42. The Morgan fingerprint density at radius 2 is 2.32 bits per heavy atom. The number of aryl methyl sites for hydroxylation is 1. The first-order chi connectivity index (χ1) is 13.5. The summed E-state index contributed by atoms with van der Waals surface area (Å²) in [6.07, 6.45) is 8.73. The number of likely N-dealkylation sites (tertiary alicyclic amines) is 1. The number of rotatable bonds is 7. The summed E-state index contributed by atoms with van der Waals surface area (Å²) >= 11 is 0. The molecule has 1 spiro atoms. The van der Waals surface area contributed by atoms with Crippen LogP contribution in [0.5, 0.6) is 0 Å². The summed E-state index contributed by atoms with van der Waals surface area (Å²) in [5, 5.41) is 6.76. The van der Waals surface area contributed by atoms with Crippen molar-refractivity contribution in [1.82, 2.24) is 15.4 Å². The zero-order valence-corrected chi connectivity index (χ0v) is 16.6. The number of unbranched alkanes of at least 4 members (excludes halogenated alkanes) is 1. The Kier molecular flexibility index (Phi) is 5.27. The predicted octanol–water partition coefficient (Wildman–Crippen LogP) is 2.47. The minimum Gasteiger partial charge on any atom is -0.369 e. The summed E-state index contributed by atoms with van der Waals surface area (Å²) in [7, 11) is 0. The molecule has 152 valence electrons. The molecule has 1 aromatic rings. The SMILES string of the molecule is CC=CCCCC(=O)N1C[C@@H]2[C@H](CNC(=O)c3cc(C)on3)[C@H]3CC[C@]2(C1)O3. The van der Waals surface area contributed by atoms with E-state index in [1.165, 1.54) is 0 Å². The van der Waals surface area contributed by atoms with Gasteiger partial charge in [0.05, 0.1) is 18.2 Å². The van der Waals surface area contributed by atoms with E-state index in [9.17, 15) is 9.59 Å². The molecule has 0 saturated carbocycles. The van der Waals surface area contributed by atoms with Gasteiger partial charge in [0.15, 0.2) is 5.69 Å². The molecule has 4 rings (SSSR count). The normalized spacial score (nSPS) is 30.9. The number of hydrogen-bond acceptors (Lipinski definition) is 5. The van der Waals surface area contributed by atoms with Gasteiger partial charge in [0.1, 0.15) is 5.76 Å². The van der Waals surface area contributed by atoms with E-state index in [2.05, 4.69) is 16.5 Å². The third-order valence-electron chi connectivity index (χ3n) is 6.49. The number of ether oxygens (including phenoxy) is 1. The molecule has 3 saturated heterocycles. The van der Waals surface area contributed by atoms with Crippen LogP contribution >= 0.6 is 0 Å². The Balaban J connectivity index is 1.35. The van der Waals surface area contributed by atoms with Gasteiger partial charge < -0.3 is 19.5 Å². The van der Waals surface area contributed by atoms with Crippen molar-refractivity contribution < 1.29 is 18.8 Å². The fourth-order valence-electron chi connectivity index (χ4n) is 5.12. The molecule has 7 heteroatoms. The zero-order chi connectivity index (χ0) is 19.7. The highest BCUT2D eigenvalue weighted by Crippen LogP contribution is 2.54. The second-order valence-electron chi connectivity index (χ2n) is 8.30. The molecule has 4 heterocycles. The highest BCUT2D eigenvalue weighted by molar-refractivity contribution is 5.92. The van der Waals surface area contributed by atoms with E-state index >= 15 is 0 Å². The maximum absolute atomic E-state index is 12.6. The van der Waals surface area contributed by atoms with Crippen LogP contribution in [-0.2, 0) is 9.53 Å². The van der Waals surface area contributed by atoms with E-state index in [0.29, 0.717) is 36.9 Å². The number of carbonyl (C=O) groups excluding carboxylic acids is 2. The van der Waals surface area contributed by atoms with E-state index < -0.39 is 0 Å². The first-order valence-electron chi connectivity index (χ1n) is 10.3. The fraction of sp³-hybridized carbons (Fsp3) is 0.667. The minimum absolute atomic E-state index is 0.177. The number of carbonyl (C=O) groups is 2. The highest BCUT2D eigenvalue weighted by atomic mass is 16.5. The zero-order valence-electron chi connectivity index (χ0n) is 16.6. The maximum Gasteiger partial charge on any atom is 0.273 e. The average Bonchev–Trinajstić information content (AvgIpc) is 3.43. The number of allylic oxidation sites excluding steroid dienone is 2. The smallest absolute Gasteiger partial charge is 0.273 e. The molecule has 7 nitrogen and oxygen atoms in total. The summed E-state index contributed by atoms with van der Waals surface area (Å²) in [4.78, 5) is 26.9. The largest absolute Gasteiger partial charge is 0.369 e. The molecule has 4 atom stereocenters. The van der Waals surface area contributed by atoms with Crippen molar-refractivity contribution in [1.29, 1.82) is 0 Å². The van der Waals surface area contributed by atoms with Crippen molar-refractivity contribution in [3.8, 4) is 0 Å². The van der Waals surface area contributed by atoms with Crippen LogP contribution in [0.4, 0.5) is 0 Å². The van der Waals surface area contributed by atoms with Gasteiger partial charge >= 0.3 is 0 Å². The van der Waals surface area contributed by atoms with Gasteiger partial charge in [-0.05, 0) is 39.5 Å². The number of nitrogens with one attached hydrogen (secondary N) is 1. The fourth-order valence-corrected chi connectivity index (χ4v) is 5.12. The van der Waals surface area contributed by atoms with Gasteiger partial charge in [-0.2, -0.15) is 0 Å². The van der Waals surface area contributed by atoms with Crippen LogP contribution in [0.25, 0.3) is 0 Å². The Morgan fingerprint density at radius 3 is 3.07 bits per heavy atom. The van der Waals surface area contributed by atoms with Gasteiger partial charge in [-0.1, -0.05) is 17.3 Å². The van der Waals surface area contributed by atoms with Crippen LogP contribution in [0.2, 0.25) is 0 Å². The third-order valence-corrected chi connectivity index (χ3v) is 6.49. The molecule has 0 aromatic carbocycles. The van der Waals surface area contributed by atoms with Gasteiger partial charge in [0.25, 0.3) is 5.91 Å². The number of fused-ring (bicyclic) bond motifs is 1. The molecular weight excluding hydrogens is 358 g/mol. The van der Waals surface area contributed by atoms with E-state index in [4.69, 9.17) is 9.26 Å². The van der Waals surface area contributed by atoms with Gasteiger partial charge in [-0.15, -0.1) is 0 Å². The van der Waals surface area contributed by atoms with E-state index in [0.717, 1.165) is 32.2 Å². The maximum atomic E-state index is 12.6. The Bertz CT molecular complexity index is 773. The number of hydrogen-bond donors (Lipinski definition) is 1. The monoisotopic (exact) mass is 387 g/mol. The molecule has 2 amide bonds. The molecular formula is C21H29N3O4.